The minimum Gasteiger partial charge on any atom is -0.379 e. The number of amides is 2. The maximum atomic E-state index is 12.5. The number of anilines is 1. The van der Waals surface area contributed by atoms with Gasteiger partial charge < -0.3 is 15.4 Å². The van der Waals surface area contributed by atoms with Crippen LogP contribution in [0.25, 0.3) is 10.1 Å². The van der Waals surface area contributed by atoms with Crippen molar-refractivity contribution in [1.29, 1.82) is 0 Å². The van der Waals surface area contributed by atoms with Crippen LogP contribution in [-0.4, -0.2) is 55.3 Å². The first-order chi connectivity index (χ1) is 12.7. The zero-order chi connectivity index (χ0) is 17.9. The van der Waals surface area contributed by atoms with Crippen molar-refractivity contribution in [3.63, 3.8) is 0 Å². The molecule has 2 aliphatic heterocycles. The van der Waals surface area contributed by atoms with E-state index in [1.54, 1.807) is 11.3 Å². The molecule has 0 spiro atoms. The normalized spacial score (nSPS) is 24.4. The summed E-state index contributed by atoms with van der Waals surface area (Å²) in [6, 6.07) is 7.87. The smallest absolute Gasteiger partial charge is 0.227 e. The molecule has 3 heterocycles. The van der Waals surface area contributed by atoms with Crippen molar-refractivity contribution in [1.82, 2.24) is 15.5 Å². The second-order valence-electron chi connectivity index (χ2n) is 6.55. The molecule has 1 aromatic heterocycles. The van der Waals surface area contributed by atoms with Gasteiger partial charge in [0.2, 0.25) is 11.8 Å². The highest BCUT2D eigenvalue weighted by Crippen LogP contribution is 2.27. The van der Waals surface area contributed by atoms with Crippen molar-refractivity contribution in [2.45, 2.75) is 25.2 Å². The molecule has 2 aliphatic rings. The maximum absolute atomic E-state index is 12.5. The van der Waals surface area contributed by atoms with Crippen LogP contribution in [0.4, 0.5) is 5.69 Å². The van der Waals surface area contributed by atoms with Crippen LogP contribution >= 0.6 is 11.3 Å². The number of morpholine rings is 1. The summed E-state index contributed by atoms with van der Waals surface area (Å²) in [7, 11) is 0. The number of hydrogen-bond donors (Lipinski definition) is 3. The molecule has 138 valence electrons. The van der Waals surface area contributed by atoms with Crippen LogP contribution in [0.5, 0.6) is 0 Å². The topological polar surface area (TPSA) is 82.7 Å². The Balaban J connectivity index is 1.38. The van der Waals surface area contributed by atoms with Crippen LogP contribution in [-0.2, 0) is 14.3 Å². The minimum absolute atomic E-state index is 0.0297. The second-order valence-corrected chi connectivity index (χ2v) is 7.49. The summed E-state index contributed by atoms with van der Waals surface area (Å²) in [5.74, 6) is -0.151. The molecule has 7 nitrogen and oxygen atoms in total. The summed E-state index contributed by atoms with van der Waals surface area (Å²) >= 11 is 1.64. The lowest BCUT2D eigenvalue weighted by Crippen LogP contribution is -2.63. The van der Waals surface area contributed by atoms with E-state index in [1.807, 2.05) is 29.6 Å². The molecule has 2 atom stereocenters. The van der Waals surface area contributed by atoms with E-state index in [0.29, 0.717) is 19.6 Å². The molecule has 8 heteroatoms. The Bertz CT molecular complexity index is 803. The van der Waals surface area contributed by atoms with E-state index in [0.717, 1.165) is 28.9 Å². The van der Waals surface area contributed by atoms with Gasteiger partial charge in [-0.05, 0) is 23.6 Å². The van der Waals surface area contributed by atoms with E-state index in [1.165, 1.54) is 0 Å². The Morgan fingerprint density at radius 1 is 1.31 bits per heavy atom. The van der Waals surface area contributed by atoms with Crippen molar-refractivity contribution in [2.24, 2.45) is 0 Å². The van der Waals surface area contributed by atoms with Gasteiger partial charge in [0.05, 0.1) is 38.4 Å². The SMILES string of the molecule is O=C(CC1NC(=O)CC(N2CCOCC2)N1)Nc1cccc2sccc12. The van der Waals surface area contributed by atoms with Crippen LogP contribution in [0.2, 0.25) is 0 Å². The molecule has 0 aliphatic carbocycles. The summed E-state index contributed by atoms with van der Waals surface area (Å²) in [5.41, 5.74) is 0.806. The molecule has 2 amide bonds. The van der Waals surface area contributed by atoms with Crippen molar-refractivity contribution in [3.8, 4) is 0 Å². The van der Waals surface area contributed by atoms with Gasteiger partial charge in [-0.1, -0.05) is 6.07 Å². The number of ether oxygens (including phenoxy) is 1. The molecule has 2 fully saturated rings. The zero-order valence-electron chi connectivity index (χ0n) is 14.4. The molecule has 3 N–H and O–H groups in total. The van der Waals surface area contributed by atoms with Crippen molar-refractivity contribution in [2.75, 3.05) is 31.6 Å². The predicted octanol–water partition coefficient (Wildman–Crippen LogP) is 1.32. The summed E-state index contributed by atoms with van der Waals surface area (Å²) in [6.07, 6.45) is 0.163. The van der Waals surface area contributed by atoms with Gasteiger partial charge in [0.15, 0.2) is 0 Å². The maximum Gasteiger partial charge on any atom is 0.227 e. The average Bonchev–Trinajstić information content (AvgIpc) is 3.12. The number of carbonyl (C=O) groups excluding carboxylic acids is 2. The van der Waals surface area contributed by atoms with E-state index in [9.17, 15) is 9.59 Å². The highest BCUT2D eigenvalue weighted by atomic mass is 32.1. The van der Waals surface area contributed by atoms with Gasteiger partial charge >= 0.3 is 0 Å². The Kier molecular flexibility index (Phi) is 5.16. The lowest BCUT2D eigenvalue weighted by atomic mass is 10.1. The van der Waals surface area contributed by atoms with Crippen LogP contribution in [0, 0.1) is 0 Å². The summed E-state index contributed by atoms with van der Waals surface area (Å²) in [6.45, 7) is 2.94. The van der Waals surface area contributed by atoms with Gasteiger partial charge in [0.25, 0.3) is 0 Å². The number of fused-ring (bicyclic) bond motifs is 1. The van der Waals surface area contributed by atoms with E-state index in [2.05, 4.69) is 20.9 Å². The number of rotatable bonds is 4. The van der Waals surface area contributed by atoms with E-state index >= 15 is 0 Å². The molecule has 1 aromatic carbocycles. The van der Waals surface area contributed by atoms with Crippen LogP contribution < -0.4 is 16.0 Å². The van der Waals surface area contributed by atoms with Crippen LogP contribution in [0.15, 0.2) is 29.6 Å². The van der Waals surface area contributed by atoms with Gasteiger partial charge in [-0.15, -0.1) is 11.3 Å². The van der Waals surface area contributed by atoms with Crippen molar-refractivity contribution in [3.05, 3.63) is 29.6 Å². The Labute approximate surface area is 155 Å². The van der Waals surface area contributed by atoms with Gasteiger partial charge in [0, 0.05) is 28.9 Å². The molecule has 26 heavy (non-hydrogen) atoms. The molecule has 0 radical (unpaired) electrons. The van der Waals surface area contributed by atoms with E-state index in [4.69, 9.17) is 4.74 Å². The zero-order valence-corrected chi connectivity index (χ0v) is 15.2. The first-order valence-electron chi connectivity index (χ1n) is 8.82. The van der Waals surface area contributed by atoms with Gasteiger partial charge in [-0.25, -0.2) is 0 Å². The number of thiophene rings is 1. The molecular formula is C18H22N4O3S. The number of carbonyl (C=O) groups is 2. The third-order valence-corrected chi connectivity index (χ3v) is 5.64. The Morgan fingerprint density at radius 2 is 2.15 bits per heavy atom. The highest BCUT2D eigenvalue weighted by molar-refractivity contribution is 7.17. The average molecular weight is 374 g/mol. The molecule has 2 unspecified atom stereocenters. The fraction of sp³-hybridized carbons (Fsp3) is 0.444. The highest BCUT2D eigenvalue weighted by Gasteiger charge is 2.31. The third-order valence-electron chi connectivity index (χ3n) is 4.75. The van der Waals surface area contributed by atoms with Crippen molar-refractivity contribution < 1.29 is 14.3 Å². The summed E-state index contributed by atoms with van der Waals surface area (Å²) in [4.78, 5) is 26.8. The summed E-state index contributed by atoms with van der Waals surface area (Å²) in [5, 5.41) is 12.3. The molecule has 2 aromatic rings. The lowest BCUT2D eigenvalue weighted by molar-refractivity contribution is -0.128. The van der Waals surface area contributed by atoms with Gasteiger partial charge in [-0.3, -0.25) is 19.8 Å². The van der Waals surface area contributed by atoms with Crippen LogP contribution in [0.1, 0.15) is 12.8 Å². The van der Waals surface area contributed by atoms with E-state index in [-0.39, 0.29) is 30.6 Å². The number of nitrogens with one attached hydrogen (secondary N) is 3. The fourth-order valence-corrected chi connectivity index (χ4v) is 4.30. The lowest BCUT2D eigenvalue weighted by Gasteiger charge is -2.40. The number of hydrogen-bond acceptors (Lipinski definition) is 6. The molecule has 0 bridgehead atoms. The first-order valence-corrected chi connectivity index (χ1v) is 9.70. The predicted molar refractivity (Wildman–Crippen MR) is 101 cm³/mol. The first kappa shape index (κ1) is 17.4. The third kappa shape index (κ3) is 3.88. The number of benzene rings is 1. The quantitative estimate of drug-likeness (QED) is 0.752. The summed E-state index contributed by atoms with van der Waals surface area (Å²) < 4.78 is 6.51. The molecule has 0 saturated carbocycles. The molecule has 2 saturated heterocycles. The Morgan fingerprint density at radius 3 is 3.00 bits per heavy atom. The molecular weight excluding hydrogens is 352 g/mol. The monoisotopic (exact) mass is 374 g/mol. The van der Waals surface area contributed by atoms with Gasteiger partial charge in [0.1, 0.15) is 0 Å². The largest absolute Gasteiger partial charge is 0.379 e. The van der Waals surface area contributed by atoms with Crippen molar-refractivity contribution >= 4 is 38.9 Å². The number of nitrogens with zero attached hydrogens (tertiary/aromatic N) is 1. The van der Waals surface area contributed by atoms with Crippen LogP contribution in [0.3, 0.4) is 0 Å². The Hall–Kier alpha value is -2.00. The second kappa shape index (κ2) is 7.71. The minimum atomic E-state index is -0.370. The molecule has 4 rings (SSSR count). The fourth-order valence-electron chi connectivity index (χ4n) is 3.48. The standard InChI is InChI=1S/C18H22N4O3S/c23-17(19-13-2-1-3-14-12(13)4-9-26-14)10-15-20-16(11-18(24)21-15)22-5-7-25-8-6-22/h1-4,9,15-16,20H,5-8,10-11H2,(H,19,23)(H,21,24). The van der Waals surface area contributed by atoms with E-state index < -0.39 is 0 Å². The van der Waals surface area contributed by atoms with Gasteiger partial charge in [-0.2, -0.15) is 0 Å².